The van der Waals surface area contributed by atoms with Gasteiger partial charge in [0.15, 0.2) is 0 Å². The Hall–Kier alpha value is -1.64. The fraction of sp³-hybridized carbons (Fsp3) is 0.500. The summed E-state index contributed by atoms with van der Waals surface area (Å²) in [5.41, 5.74) is 3.50. The molecular formula is C16H20N2O. The van der Waals surface area contributed by atoms with Crippen molar-refractivity contribution >= 4 is 11.6 Å². The molecule has 19 heavy (non-hydrogen) atoms. The van der Waals surface area contributed by atoms with Gasteiger partial charge in [0.2, 0.25) is 5.91 Å². The van der Waals surface area contributed by atoms with Crippen LogP contribution in [0, 0.1) is 12.8 Å². The number of hydrazone groups is 1. The van der Waals surface area contributed by atoms with Gasteiger partial charge in [0.1, 0.15) is 0 Å². The monoisotopic (exact) mass is 256 g/mol. The molecule has 0 spiro atoms. The Morgan fingerprint density at radius 2 is 2.11 bits per heavy atom. The predicted molar refractivity (Wildman–Crippen MR) is 75.7 cm³/mol. The topological polar surface area (TPSA) is 32.7 Å². The number of hydrogen-bond donors (Lipinski definition) is 0. The van der Waals surface area contributed by atoms with Crippen molar-refractivity contribution in [2.75, 3.05) is 0 Å². The molecule has 1 fully saturated rings. The molecule has 0 unspecified atom stereocenters. The van der Waals surface area contributed by atoms with Crippen molar-refractivity contribution in [2.45, 2.75) is 45.6 Å². The van der Waals surface area contributed by atoms with Crippen molar-refractivity contribution in [1.29, 1.82) is 0 Å². The van der Waals surface area contributed by atoms with Crippen molar-refractivity contribution in [3.8, 4) is 0 Å². The molecule has 0 aromatic heterocycles. The molecule has 1 aliphatic heterocycles. The Labute approximate surface area is 114 Å². The van der Waals surface area contributed by atoms with Gasteiger partial charge in [0.25, 0.3) is 0 Å². The molecule has 3 heteroatoms. The summed E-state index contributed by atoms with van der Waals surface area (Å²) < 4.78 is 0. The maximum atomic E-state index is 12.0. The summed E-state index contributed by atoms with van der Waals surface area (Å²) in [7, 11) is 0. The Morgan fingerprint density at radius 1 is 1.32 bits per heavy atom. The van der Waals surface area contributed by atoms with E-state index >= 15 is 0 Å². The number of carbonyl (C=O) groups is 1. The van der Waals surface area contributed by atoms with Gasteiger partial charge >= 0.3 is 0 Å². The van der Waals surface area contributed by atoms with Crippen molar-refractivity contribution in [3.05, 3.63) is 35.4 Å². The maximum absolute atomic E-state index is 12.0. The lowest BCUT2D eigenvalue weighted by Gasteiger charge is -2.12. The summed E-state index contributed by atoms with van der Waals surface area (Å²) >= 11 is 0. The normalized spacial score (nSPS) is 20.2. The third kappa shape index (κ3) is 2.70. The highest BCUT2D eigenvalue weighted by Gasteiger charge is 2.30. The van der Waals surface area contributed by atoms with Gasteiger partial charge in [-0.25, -0.2) is 5.01 Å². The first-order chi connectivity index (χ1) is 9.22. The van der Waals surface area contributed by atoms with Crippen LogP contribution in [-0.2, 0) is 11.3 Å². The quantitative estimate of drug-likeness (QED) is 0.817. The second-order valence-corrected chi connectivity index (χ2v) is 5.69. The van der Waals surface area contributed by atoms with E-state index in [0.717, 1.165) is 11.3 Å². The SMILES string of the molecule is Cc1cccc(CN2N=C(C3CCCC3)CC2=O)c1. The van der Waals surface area contributed by atoms with Crippen LogP contribution in [0.5, 0.6) is 0 Å². The van der Waals surface area contributed by atoms with Gasteiger partial charge in [0, 0.05) is 0 Å². The van der Waals surface area contributed by atoms with Crippen LogP contribution < -0.4 is 0 Å². The largest absolute Gasteiger partial charge is 0.273 e. The van der Waals surface area contributed by atoms with E-state index in [4.69, 9.17) is 0 Å². The summed E-state index contributed by atoms with van der Waals surface area (Å²) in [6, 6.07) is 8.29. The lowest BCUT2D eigenvalue weighted by molar-refractivity contribution is -0.129. The molecule has 3 rings (SSSR count). The van der Waals surface area contributed by atoms with E-state index in [0.29, 0.717) is 18.9 Å². The highest BCUT2D eigenvalue weighted by molar-refractivity contribution is 6.06. The zero-order valence-electron chi connectivity index (χ0n) is 11.4. The molecule has 3 nitrogen and oxygen atoms in total. The van der Waals surface area contributed by atoms with Gasteiger partial charge in [-0.3, -0.25) is 4.79 Å². The fourth-order valence-corrected chi connectivity index (χ4v) is 3.08. The third-order valence-corrected chi connectivity index (χ3v) is 4.11. The Kier molecular flexibility index (Phi) is 3.36. The molecule has 1 saturated carbocycles. The summed E-state index contributed by atoms with van der Waals surface area (Å²) in [5.74, 6) is 0.717. The van der Waals surface area contributed by atoms with Crippen LogP contribution in [0.1, 0.15) is 43.2 Å². The lowest BCUT2D eigenvalue weighted by atomic mass is 10.00. The van der Waals surface area contributed by atoms with E-state index in [2.05, 4.69) is 30.2 Å². The lowest BCUT2D eigenvalue weighted by Crippen LogP contribution is -2.20. The van der Waals surface area contributed by atoms with Crippen molar-refractivity contribution < 1.29 is 4.79 Å². The van der Waals surface area contributed by atoms with Crippen molar-refractivity contribution in [1.82, 2.24) is 5.01 Å². The number of aryl methyl sites for hydroxylation is 1. The Balaban J connectivity index is 1.72. The summed E-state index contributed by atoms with van der Waals surface area (Å²) in [4.78, 5) is 12.0. The number of benzene rings is 1. The highest BCUT2D eigenvalue weighted by Crippen LogP contribution is 2.30. The van der Waals surface area contributed by atoms with Crippen molar-refractivity contribution in [3.63, 3.8) is 0 Å². The van der Waals surface area contributed by atoms with E-state index in [1.165, 1.54) is 31.2 Å². The molecule has 1 aromatic carbocycles. The zero-order valence-corrected chi connectivity index (χ0v) is 11.4. The van der Waals surface area contributed by atoms with E-state index in [9.17, 15) is 4.79 Å². The van der Waals surface area contributed by atoms with Gasteiger partial charge in [-0.05, 0) is 31.2 Å². The van der Waals surface area contributed by atoms with Gasteiger partial charge < -0.3 is 0 Å². The third-order valence-electron chi connectivity index (χ3n) is 4.11. The Bertz CT molecular complexity index is 515. The molecule has 2 aliphatic rings. The summed E-state index contributed by atoms with van der Waals surface area (Å²) in [5, 5.41) is 6.23. The van der Waals surface area contributed by atoms with Crippen molar-refractivity contribution in [2.24, 2.45) is 11.0 Å². The Morgan fingerprint density at radius 3 is 2.84 bits per heavy atom. The van der Waals surface area contributed by atoms with Crippen LogP contribution >= 0.6 is 0 Å². The van der Waals surface area contributed by atoms with Crippen LogP contribution in [0.3, 0.4) is 0 Å². The molecule has 0 radical (unpaired) electrons. The second-order valence-electron chi connectivity index (χ2n) is 5.69. The van der Waals surface area contributed by atoms with Crippen LogP contribution in [0.4, 0.5) is 0 Å². The molecule has 0 saturated heterocycles. The second kappa shape index (κ2) is 5.16. The molecule has 0 atom stereocenters. The fourth-order valence-electron chi connectivity index (χ4n) is 3.08. The van der Waals surface area contributed by atoms with Crippen LogP contribution in [0.15, 0.2) is 29.4 Å². The minimum Gasteiger partial charge on any atom is -0.273 e. The highest BCUT2D eigenvalue weighted by atomic mass is 16.2. The van der Waals surface area contributed by atoms with E-state index in [1.807, 2.05) is 6.07 Å². The molecule has 0 bridgehead atoms. The first-order valence-corrected chi connectivity index (χ1v) is 7.15. The molecule has 1 amide bonds. The predicted octanol–water partition coefficient (Wildman–Crippen LogP) is 3.27. The molecule has 1 heterocycles. The summed E-state index contributed by atoms with van der Waals surface area (Å²) in [6.45, 7) is 2.68. The summed E-state index contributed by atoms with van der Waals surface area (Å²) in [6.07, 6.45) is 5.54. The molecule has 100 valence electrons. The smallest absolute Gasteiger partial charge is 0.248 e. The van der Waals surface area contributed by atoms with E-state index in [-0.39, 0.29) is 5.91 Å². The van der Waals surface area contributed by atoms with Gasteiger partial charge in [0.05, 0.1) is 18.7 Å². The number of amides is 1. The average molecular weight is 256 g/mol. The first kappa shape index (κ1) is 12.4. The number of carbonyl (C=O) groups excluding carboxylic acids is 1. The number of hydrogen-bond acceptors (Lipinski definition) is 2. The van der Waals surface area contributed by atoms with Gasteiger partial charge in [-0.1, -0.05) is 42.7 Å². The number of rotatable bonds is 3. The van der Waals surface area contributed by atoms with E-state index in [1.54, 1.807) is 5.01 Å². The zero-order chi connectivity index (χ0) is 13.2. The average Bonchev–Trinajstić information content (AvgIpc) is 3.00. The molecule has 0 N–H and O–H groups in total. The number of nitrogens with zero attached hydrogens (tertiary/aromatic N) is 2. The van der Waals surface area contributed by atoms with Crippen LogP contribution in [0.2, 0.25) is 0 Å². The first-order valence-electron chi connectivity index (χ1n) is 7.15. The molecule has 1 aromatic rings. The van der Waals surface area contributed by atoms with Crippen LogP contribution in [0.25, 0.3) is 0 Å². The van der Waals surface area contributed by atoms with E-state index < -0.39 is 0 Å². The standard InChI is InChI=1S/C16H20N2O/c1-12-5-4-6-13(9-12)11-18-16(19)10-15(17-18)14-7-2-3-8-14/h4-6,9,14H,2-3,7-8,10-11H2,1H3. The van der Waals surface area contributed by atoms with Gasteiger partial charge in [-0.2, -0.15) is 5.10 Å². The molecular weight excluding hydrogens is 236 g/mol. The van der Waals surface area contributed by atoms with Crippen LogP contribution in [-0.4, -0.2) is 16.6 Å². The minimum atomic E-state index is 0.156. The van der Waals surface area contributed by atoms with Gasteiger partial charge in [-0.15, -0.1) is 0 Å². The minimum absolute atomic E-state index is 0.156. The maximum Gasteiger partial charge on any atom is 0.248 e. The molecule has 1 aliphatic carbocycles.